The van der Waals surface area contributed by atoms with Crippen LogP contribution < -0.4 is 10.9 Å². The van der Waals surface area contributed by atoms with Crippen molar-refractivity contribution in [2.45, 2.75) is 39.7 Å². The first-order chi connectivity index (χ1) is 11.8. The number of aryl methyl sites for hydroxylation is 1. The number of aromatic nitrogens is 3. The number of nitrogens with zero attached hydrogens (tertiary/aromatic N) is 3. The van der Waals surface area contributed by atoms with Crippen LogP contribution in [0.3, 0.4) is 0 Å². The molecule has 3 aromatic rings. The second-order valence-electron chi connectivity index (χ2n) is 6.93. The zero-order valence-corrected chi connectivity index (χ0v) is 15.5. The van der Waals surface area contributed by atoms with E-state index >= 15 is 0 Å². The van der Waals surface area contributed by atoms with E-state index in [1.54, 1.807) is 12.1 Å². The highest BCUT2D eigenvalue weighted by atomic mass is 32.1. The van der Waals surface area contributed by atoms with E-state index in [0.717, 1.165) is 11.1 Å². The lowest BCUT2D eigenvalue weighted by molar-refractivity contribution is -0.117. The summed E-state index contributed by atoms with van der Waals surface area (Å²) < 4.78 is 1.20. The number of hydrogen-bond acceptors (Lipinski definition) is 5. The summed E-state index contributed by atoms with van der Waals surface area (Å²) in [5.41, 5.74) is 1.29. The number of carbonyl (C=O) groups excluding carboxylic acids is 1. The molecular weight excluding hydrogens is 336 g/mol. The van der Waals surface area contributed by atoms with Crippen molar-refractivity contribution < 1.29 is 4.79 Å². The maximum atomic E-state index is 12.5. The smallest absolute Gasteiger partial charge is 0.275 e. The van der Waals surface area contributed by atoms with Crippen LogP contribution in [0.15, 0.2) is 34.4 Å². The highest BCUT2D eigenvalue weighted by Gasteiger charge is 2.18. The van der Waals surface area contributed by atoms with Crippen LogP contribution >= 0.6 is 11.3 Å². The van der Waals surface area contributed by atoms with Crippen molar-refractivity contribution in [2.24, 2.45) is 0 Å². The molecule has 1 N–H and O–H groups in total. The second-order valence-corrected chi connectivity index (χ2v) is 7.79. The van der Waals surface area contributed by atoms with E-state index in [1.165, 1.54) is 16.0 Å². The van der Waals surface area contributed by atoms with Gasteiger partial charge in [-0.15, -0.1) is 11.3 Å². The Bertz CT molecular complexity index is 998. The molecule has 0 unspecified atom stereocenters. The number of benzene rings is 1. The molecule has 2 aromatic heterocycles. The molecule has 25 heavy (non-hydrogen) atoms. The van der Waals surface area contributed by atoms with Gasteiger partial charge in [0, 0.05) is 16.2 Å². The van der Waals surface area contributed by atoms with Crippen molar-refractivity contribution in [3.63, 3.8) is 0 Å². The molecule has 0 radical (unpaired) electrons. The van der Waals surface area contributed by atoms with Crippen molar-refractivity contribution in [2.75, 3.05) is 5.32 Å². The Morgan fingerprint density at radius 2 is 1.92 bits per heavy atom. The van der Waals surface area contributed by atoms with Gasteiger partial charge < -0.3 is 5.32 Å². The number of hydrogen-bond donors (Lipinski definition) is 1. The Hall–Kier alpha value is -2.54. The first kappa shape index (κ1) is 17.3. The number of anilines is 1. The molecule has 6 nitrogen and oxygen atoms in total. The largest absolute Gasteiger partial charge is 0.300 e. The van der Waals surface area contributed by atoms with E-state index in [2.05, 4.69) is 36.2 Å². The summed E-state index contributed by atoms with van der Waals surface area (Å²) in [7, 11) is 0. The molecule has 2 heterocycles. The number of nitrogens with one attached hydrogen (secondary N) is 1. The third kappa shape index (κ3) is 3.61. The Labute approximate surface area is 149 Å². The predicted molar refractivity (Wildman–Crippen MR) is 100 cm³/mol. The van der Waals surface area contributed by atoms with E-state index in [4.69, 9.17) is 0 Å². The van der Waals surface area contributed by atoms with Crippen molar-refractivity contribution in [3.05, 3.63) is 51.4 Å². The SMILES string of the molecule is Cc1nn(CC(=O)Nc2nc(C(C)(C)C)cs2)c(=O)c2ccccc12. The van der Waals surface area contributed by atoms with E-state index in [0.29, 0.717) is 16.2 Å². The lowest BCUT2D eigenvalue weighted by Gasteiger charge is -2.14. The molecule has 0 atom stereocenters. The quantitative estimate of drug-likeness (QED) is 0.782. The van der Waals surface area contributed by atoms with Gasteiger partial charge in [-0.3, -0.25) is 9.59 Å². The highest BCUT2D eigenvalue weighted by molar-refractivity contribution is 7.13. The van der Waals surface area contributed by atoms with Gasteiger partial charge in [-0.1, -0.05) is 39.0 Å². The molecule has 0 aliphatic carbocycles. The molecular formula is C18H20N4O2S. The predicted octanol–water partition coefficient (Wildman–Crippen LogP) is 3.10. The fraction of sp³-hybridized carbons (Fsp3) is 0.333. The second kappa shape index (κ2) is 6.40. The van der Waals surface area contributed by atoms with Crippen LogP contribution in [0.2, 0.25) is 0 Å². The van der Waals surface area contributed by atoms with Crippen LogP contribution in [0.1, 0.15) is 32.2 Å². The fourth-order valence-electron chi connectivity index (χ4n) is 2.48. The van der Waals surface area contributed by atoms with Gasteiger partial charge in [0.25, 0.3) is 5.56 Å². The average molecular weight is 356 g/mol. The number of amides is 1. The van der Waals surface area contributed by atoms with Gasteiger partial charge in [-0.2, -0.15) is 5.10 Å². The summed E-state index contributed by atoms with van der Waals surface area (Å²) >= 11 is 1.37. The van der Waals surface area contributed by atoms with Gasteiger partial charge >= 0.3 is 0 Å². The Kier molecular flexibility index (Phi) is 4.43. The summed E-state index contributed by atoms with van der Waals surface area (Å²) in [6, 6.07) is 7.27. The monoisotopic (exact) mass is 356 g/mol. The standard InChI is InChI=1S/C18H20N4O2S/c1-11-12-7-5-6-8-13(12)16(24)22(21-11)9-15(23)20-17-19-14(10-25-17)18(2,3)4/h5-8,10H,9H2,1-4H3,(H,19,20,23). The Morgan fingerprint density at radius 3 is 2.56 bits per heavy atom. The zero-order valence-electron chi connectivity index (χ0n) is 14.7. The minimum Gasteiger partial charge on any atom is -0.300 e. The van der Waals surface area contributed by atoms with Crippen LogP contribution in [0.25, 0.3) is 10.8 Å². The number of thiazole rings is 1. The molecule has 0 aliphatic rings. The normalized spacial score (nSPS) is 11.7. The van der Waals surface area contributed by atoms with E-state index in [1.807, 2.05) is 24.4 Å². The topological polar surface area (TPSA) is 76.9 Å². The van der Waals surface area contributed by atoms with Crippen molar-refractivity contribution in [1.29, 1.82) is 0 Å². The molecule has 0 aliphatic heterocycles. The minimum atomic E-state index is -0.320. The lowest BCUT2D eigenvalue weighted by atomic mass is 9.93. The fourth-order valence-corrected chi connectivity index (χ4v) is 3.44. The van der Waals surface area contributed by atoms with Crippen LogP contribution in [0.5, 0.6) is 0 Å². The molecule has 1 aromatic carbocycles. The minimum absolute atomic E-state index is 0.0760. The zero-order chi connectivity index (χ0) is 18.2. The van der Waals surface area contributed by atoms with Gasteiger partial charge in [0.15, 0.2) is 5.13 Å². The Morgan fingerprint density at radius 1 is 1.24 bits per heavy atom. The lowest BCUT2D eigenvalue weighted by Crippen LogP contribution is -2.30. The maximum absolute atomic E-state index is 12.5. The molecule has 7 heteroatoms. The third-order valence-electron chi connectivity index (χ3n) is 3.86. The van der Waals surface area contributed by atoms with E-state index in [9.17, 15) is 9.59 Å². The van der Waals surface area contributed by atoms with E-state index in [-0.39, 0.29) is 23.4 Å². The van der Waals surface area contributed by atoms with E-state index < -0.39 is 0 Å². The summed E-state index contributed by atoms with van der Waals surface area (Å²) in [6.07, 6.45) is 0. The molecule has 0 saturated heterocycles. The summed E-state index contributed by atoms with van der Waals surface area (Å²) in [6.45, 7) is 7.88. The number of rotatable bonds is 3. The molecule has 130 valence electrons. The average Bonchev–Trinajstić information content (AvgIpc) is 3.01. The van der Waals surface area contributed by atoms with Gasteiger partial charge in [0.2, 0.25) is 5.91 Å². The first-order valence-corrected chi connectivity index (χ1v) is 8.86. The number of fused-ring (bicyclic) bond motifs is 1. The molecule has 0 bridgehead atoms. The highest BCUT2D eigenvalue weighted by Crippen LogP contribution is 2.26. The van der Waals surface area contributed by atoms with Crippen LogP contribution in [0.4, 0.5) is 5.13 Å². The van der Waals surface area contributed by atoms with Gasteiger partial charge in [-0.05, 0) is 13.0 Å². The number of carbonyl (C=O) groups is 1. The summed E-state index contributed by atoms with van der Waals surface area (Å²) in [5.74, 6) is -0.320. The molecule has 1 amide bonds. The molecule has 0 spiro atoms. The third-order valence-corrected chi connectivity index (χ3v) is 4.62. The van der Waals surface area contributed by atoms with Crippen molar-refractivity contribution >= 4 is 33.1 Å². The summed E-state index contributed by atoms with van der Waals surface area (Å²) in [4.78, 5) is 29.2. The summed E-state index contributed by atoms with van der Waals surface area (Å²) in [5, 5.41) is 10.8. The van der Waals surface area contributed by atoms with Crippen molar-refractivity contribution in [3.8, 4) is 0 Å². The van der Waals surface area contributed by atoms with Crippen molar-refractivity contribution in [1.82, 2.24) is 14.8 Å². The van der Waals surface area contributed by atoms with Crippen LogP contribution in [0, 0.1) is 6.92 Å². The molecule has 0 fully saturated rings. The van der Waals surface area contributed by atoms with Gasteiger partial charge in [-0.25, -0.2) is 9.67 Å². The van der Waals surface area contributed by atoms with Crippen LogP contribution in [-0.2, 0) is 16.8 Å². The Balaban J connectivity index is 1.82. The molecule has 0 saturated carbocycles. The molecule has 3 rings (SSSR count). The van der Waals surface area contributed by atoms with Gasteiger partial charge in [0.1, 0.15) is 6.54 Å². The van der Waals surface area contributed by atoms with Gasteiger partial charge in [0.05, 0.1) is 16.8 Å². The maximum Gasteiger partial charge on any atom is 0.275 e. The first-order valence-electron chi connectivity index (χ1n) is 7.98. The van der Waals surface area contributed by atoms with Crippen LogP contribution in [-0.4, -0.2) is 20.7 Å².